The summed E-state index contributed by atoms with van der Waals surface area (Å²) in [6, 6.07) is 3.53. The number of benzene rings is 1. The van der Waals surface area contributed by atoms with Crippen LogP contribution in [-0.2, 0) is 0 Å². The van der Waals surface area contributed by atoms with E-state index in [4.69, 9.17) is 21.1 Å². The molecule has 0 amide bonds. The van der Waals surface area contributed by atoms with Crippen LogP contribution in [0, 0.1) is 5.92 Å². The van der Waals surface area contributed by atoms with E-state index < -0.39 is 6.10 Å². The predicted molar refractivity (Wildman–Crippen MR) is 78.2 cm³/mol. The molecule has 2 unspecified atom stereocenters. The molecule has 1 aromatic rings. The summed E-state index contributed by atoms with van der Waals surface area (Å²) in [6.07, 6.45) is 2.43. The number of aliphatic hydroxyl groups excluding tert-OH is 1. The molecule has 108 valence electrons. The number of aliphatic hydroxyl groups is 1. The van der Waals surface area contributed by atoms with Gasteiger partial charge in [-0.05, 0) is 30.0 Å². The zero-order valence-electron chi connectivity index (χ0n) is 12.1. The predicted octanol–water partition coefficient (Wildman–Crippen LogP) is 4.22. The smallest absolute Gasteiger partial charge is 0.179 e. The zero-order valence-corrected chi connectivity index (χ0v) is 12.8. The number of methoxy groups -OCH3 is 2. The van der Waals surface area contributed by atoms with Gasteiger partial charge in [-0.1, -0.05) is 38.3 Å². The average molecular weight is 287 g/mol. The van der Waals surface area contributed by atoms with Crippen molar-refractivity contribution in [2.75, 3.05) is 14.2 Å². The molecule has 1 N–H and O–H groups in total. The maximum absolute atomic E-state index is 10.3. The first-order chi connectivity index (χ1) is 9.03. The van der Waals surface area contributed by atoms with Gasteiger partial charge in [0.15, 0.2) is 11.5 Å². The van der Waals surface area contributed by atoms with Gasteiger partial charge in [-0.2, -0.15) is 0 Å². The highest BCUT2D eigenvalue weighted by atomic mass is 35.5. The summed E-state index contributed by atoms with van der Waals surface area (Å²) in [7, 11) is 3.10. The Morgan fingerprint density at radius 3 is 2.47 bits per heavy atom. The molecule has 1 aromatic carbocycles. The number of rotatable bonds is 7. The Morgan fingerprint density at radius 2 is 1.95 bits per heavy atom. The number of hydrogen-bond acceptors (Lipinski definition) is 3. The third-order valence-corrected chi connectivity index (χ3v) is 3.53. The third-order valence-electron chi connectivity index (χ3n) is 3.25. The Kier molecular flexibility index (Phi) is 6.46. The summed E-state index contributed by atoms with van der Waals surface area (Å²) in [5.41, 5.74) is 0.769. The van der Waals surface area contributed by atoms with Crippen LogP contribution in [0.2, 0.25) is 5.02 Å². The Balaban J connectivity index is 2.91. The minimum absolute atomic E-state index is 0.457. The molecular formula is C15H23ClO3. The molecule has 0 aromatic heterocycles. The molecule has 3 nitrogen and oxygen atoms in total. The lowest BCUT2D eigenvalue weighted by molar-refractivity contribution is 0.144. The van der Waals surface area contributed by atoms with Crippen molar-refractivity contribution in [2.45, 2.75) is 39.2 Å². The summed E-state index contributed by atoms with van der Waals surface area (Å²) < 4.78 is 10.4. The van der Waals surface area contributed by atoms with E-state index in [1.807, 2.05) is 0 Å². The summed E-state index contributed by atoms with van der Waals surface area (Å²) >= 11 is 6.14. The first kappa shape index (κ1) is 16.1. The van der Waals surface area contributed by atoms with Gasteiger partial charge in [0.1, 0.15) is 0 Å². The number of halogens is 1. The highest BCUT2D eigenvalue weighted by molar-refractivity contribution is 6.32. The highest BCUT2D eigenvalue weighted by Gasteiger charge is 2.17. The molecule has 0 aliphatic heterocycles. The van der Waals surface area contributed by atoms with Gasteiger partial charge >= 0.3 is 0 Å². The van der Waals surface area contributed by atoms with Crippen molar-refractivity contribution < 1.29 is 14.6 Å². The van der Waals surface area contributed by atoms with Crippen molar-refractivity contribution in [1.82, 2.24) is 0 Å². The molecule has 0 heterocycles. The molecule has 0 radical (unpaired) electrons. The fourth-order valence-corrected chi connectivity index (χ4v) is 2.55. The lowest BCUT2D eigenvalue weighted by Gasteiger charge is -2.18. The molecule has 19 heavy (non-hydrogen) atoms. The van der Waals surface area contributed by atoms with Crippen molar-refractivity contribution >= 4 is 11.6 Å². The van der Waals surface area contributed by atoms with Crippen molar-refractivity contribution in [1.29, 1.82) is 0 Å². The van der Waals surface area contributed by atoms with Gasteiger partial charge in [0.25, 0.3) is 0 Å². The lowest BCUT2D eigenvalue weighted by Crippen LogP contribution is -2.05. The maximum atomic E-state index is 10.3. The van der Waals surface area contributed by atoms with E-state index in [1.165, 1.54) is 0 Å². The Labute approximate surface area is 120 Å². The molecule has 1 rings (SSSR count). The van der Waals surface area contributed by atoms with Gasteiger partial charge in [0.05, 0.1) is 25.3 Å². The van der Waals surface area contributed by atoms with Crippen LogP contribution in [0.25, 0.3) is 0 Å². The van der Waals surface area contributed by atoms with Crippen LogP contribution < -0.4 is 9.47 Å². The Bertz CT molecular complexity index is 407. The summed E-state index contributed by atoms with van der Waals surface area (Å²) in [6.45, 7) is 4.30. The van der Waals surface area contributed by atoms with E-state index in [9.17, 15) is 5.11 Å². The standard InChI is InChI=1S/C15H23ClO3/c1-5-6-10(2)7-13(17)11-8-12(16)15(19-4)14(9-11)18-3/h8-10,13,17H,5-7H2,1-4H3. The van der Waals surface area contributed by atoms with Gasteiger partial charge in [-0.25, -0.2) is 0 Å². The third kappa shape index (κ3) is 4.29. The number of ether oxygens (including phenoxy) is 2. The molecule has 4 heteroatoms. The van der Waals surface area contributed by atoms with Crippen molar-refractivity contribution in [3.63, 3.8) is 0 Å². The Hall–Kier alpha value is -0.930. The first-order valence-corrected chi connectivity index (χ1v) is 7.00. The fraction of sp³-hybridized carbons (Fsp3) is 0.600. The number of hydrogen-bond donors (Lipinski definition) is 1. The largest absolute Gasteiger partial charge is 0.493 e. The minimum Gasteiger partial charge on any atom is -0.493 e. The normalized spacial score (nSPS) is 14.0. The van der Waals surface area contributed by atoms with E-state index in [0.29, 0.717) is 22.4 Å². The van der Waals surface area contributed by atoms with E-state index in [0.717, 1.165) is 24.8 Å². The quantitative estimate of drug-likeness (QED) is 0.816. The topological polar surface area (TPSA) is 38.7 Å². The van der Waals surface area contributed by atoms with Crippen LogP contribution in [0.3, 0.4) is 0 Å². The lowest BCUT2D eigenvalue weighted by atomic mass is 9.95. The molecule has 0 spiro atoms. The second-order valence-electron chi connectivity index (χ2n) is 4.88. The second kappa shape index (κ2) is 7.61. The van der Waals surface area contributed by atoms with Crippen LogP contribution >= 0.6 is 11.6 Å². The molecule has 0 saturated heterocycles. The van der Waals surface area contributed by atoms with Gasteiger partial charge in [-0.3, -0.25) is 0 Å². The van der Waals surface area contributed by atoms with E-state index in [-0.39, 0.29) is 0 Å². The van der Waals surface area contributed by atoms with Crippen LogP contribution in [-0.4, -0.2) is 19.3 Å². The van der Waals surface area contributed by atoms with E-state index in [1.54, 1.807) is 26.4 Å². The fourth-order valence-electron chi connectivity index (χ4n) is 2.26. The first-order valence-electron chi connectivity index (χ1n) is 6.62. The molecule has 0 aliphatic carbocycles. The summed E-state index contributed by atoms with van der Waals surface area (Å²) in [4.78, 5) is 0. The van der Waals surface area contributed by atoms with Crippen molar-refractivity contribution in [3.05, 3.63) is 22.7 Å². The van der Waals surface area contributed by atoms with E-state index in [2.05, 4.69) is 13.8 Å². The SMILES string of the molecule is CCCC(C)CC(O)c1cc(Cl)c(OC)c(OC)c1. The molecule has 2 atom stereocenters. The van der Waals surface area contributed by atoms with Crippen molar-refractivity contribution in [2.24, 2.45) is 5.92 Å². The zero-order chi connectivity index (χ0) is 14.4. The molecule has 0 bridgehead atoms. The van der Waals surface area contributed by atoms with E-state index >= 15 is 0 Å². The summed E-state index contributed by atoms with van der Waals surface area (Å²) in [5, 5.41) is 10.7. The molecular weight excluding hydrogens is 264 g/mol. The second-order valence-corrected chi connectivity index (χ2v) is 5.29. The van der Waals surface area contributed by atoms with Gasteiger partial charge in [0.2, 0.25) is 0 Å². The van der Waals surface area contributed by atoms with Crippen LogP contribution in [0.15, 0.2) is 12.1 Å². The monoisotopic (exact) mass is 286 g/mol. The van der Waals surface area contributed by atoms with Gasteiger partial charge < -0.3 is 14.6 Å². The van der Waals surface area contributed by atoms with Crippen molar-refractivity contribution in [3.8, 4) is 11.5 Å². The molecule has 0 fully saturated rings. The highest BCUT2D eigenvalue weighted by Crippen LogP contribution is 2.38. The van der Waals surface area contributed by atoms with Gasteiger partial charge in [0, 0.05) is 0 Å². The summed E-state index contributed by atoms with van der Waals surface area (Å²) in [5.74, 6) is 1.53. The van der Waals surface area contributed by atoms with Crippen LogP contribution in [0.5, 0.6) is 11.5 Å². The molecule has 0 saturated carbocycles. The minimum atomic E-state index is -0.529. The maximum Gasteiger partial charge on any atom is 0.179 e. The average Bonchev–Trinajstić information content (AvgIpc) is 2.37. The van der Waals surface area contributed by atoms with Crippen LogP contribution in [0.4, 0.5) is 0 Å². The van der Waals surface area contributed by atoms with Gasteiger partial charge in [-0.15, -0.1) is 0 Å². The Morgan fingerprint density at radius 1 is 1.26 bits per heavy atom. The molecule has 0 aliphatic rings. The van der Waals surface area contributed by atoms with Crippen LogP contribution in [0.1, 0.15) is 44.8 Å².